The first-order chi connectivity index (χ1) is 14.1. The van der Waals surface area contributed by atoms with Crippen LogP contribution in [-0.4, -0.2) is 30.9 Å². The number of imidazole rings is 1. The third kappa shape index (κ3) is 4.49. The summed E-state index contributed by atoms with van der Waals surface area (Å²) < 4.78 is 15.2. The van der Waals surface area contributed by atoms with Crippen LogP contribution in [0.1, 0.15) is 5.56 Å². The van der Waals surface area contributed by atoms with Crippen LogP contribution in [0.25, 0.3) is 11.3 Å². The average Bonchev–Trinajstić information content (AvgIpc) is 3.40. The van der Waals surface area contributed by atoms with Crippen molar-refractivity contribution >= 4 is 23.2 Å². The third-order valence-corrected chi connectivity index (χ3v) is 4.52. The number of carbonyl (C=O) groups is 1. The number of aromatic nitrogens is 5. The lowest BCUT2D eigenvalue weighted by molar-refractivity contribution is -0.119. The standard InChI is InChI=1S/C20H16ClFN6O/c21-16-7-14(8-17(22)9-16)11-28(20(29)12-27-6-5-25-26-27)18-3-1-15(2-4-18)19-10-23-13-24-19/h1-10,13H,11-12H2,(H,23,24). The van der Waals surface area contributed by atoms with E-state index in [0.29, 0.717) is 11.3 Å². The third-order valence-electron chi connectivity index (χ3n) is 4.31. The Morgan fingerprint density at radius 1 is 1.21 bits per heavy atom. The summed E-state index contributed by atoms with van der Waals surface area (Å²) in [6.45, 7) is 0.164. The summed E-state index contributed by atoms with van der Waals surface area (Å²) in [6, 6.07) is 11.6. The first kappa shape index (κ1) is 18.8. The highest BCUT2D eigenvalue weighted by atomic mass is 35.5. The van der Waals surface area contributed by atoms with E-state index < -0.39 is 5.82 Å². The van der Waals surface area contributed by atoms with Gasteiger partial charge in [0.1, 0.15) is 12.4 Å². The molecular weight excluding hydrogens is 395 g/mol. The molecule has 146 valence electrons. The van der Waals surface area contributed by atoms with Gasteiger partial charge in [-0.3, -0.25) is 4.79 Å². The Bertz CT molecular complexity index is 1080. The Hall–Kier alpha value is -3.52. The lowest BCUT2D eigenvalue weighted by Crippen LogP contribution is -2.33. The molecular formula is C20H16ClFN6O. The predicted octanol–water partition coefficient (Wildman–Crippen LogP) is 3.69. The lowest BCUT2D eigenvalue weighted by atomic mass is 10.1. The number of halogens is 2. The molecule has 0 radical (unpaired) electrons. The van der Waals surface area contributed by atoms with E-state index in [0.717, 1.165) is 11.3 Å². The van der Waals surface area contributed by atoms with Gasteiger partial charge in [-0.05, 0) is 35.9 Å². The Morgan fingerprint density at radius 3 is 2.69 bits per heavy atom. The number of amides is 1. The minimum absolute atomic E-state index is 0.00413. The fourth-order valence-corrected chi connectivity index (χ4v) is 3.22. The van der Waals surface area contributed by atoms with Crippen LogP contribution < -0.4 is 4.90 Å². The van der Waals surface area contributed by atoms with E-state index in [1.807, 2.05) is 24.3 Å². The fraction of sp³-hybridized carbons (Fsp3) is 0.100. The zero-order valence-electron chi connectivity index (χ0n) is 15.2. The van der Waals surface area contributed by atoms with Crippen LogP contribution >= 0.6 is 11.6 Å². The average molecular weight is 411 g/mol. The van der Waals surface area contributed by atoms with Gasteiger partial charge in [-0.2, -0.15) is 0 Å². The molecule has 0 aliphatic carbocycles. The molecule has 2 aromatic heterocycles. The molecule has 4 rings (SSSR count). The largest absolute Gasteiger partial charge is 0.351 e. The van der Waals surface area contributed by atoms with Crippen LogP contribution in [-0.2, 0) is 17.9 Å². The molecule has 7 nitrogen and oxygen atoms in total. The van der Waals surface area contributed by atoms with E-state index in [1.165, 1.54) is 23.0 Å². The molecule has 0 aliphatic rings. The fourth-order valence-electron chi connectivity index (χ4n) is 2.98. The first-order valence-corrected chi connectivity index (χ1v) is 9.15. The van der Waals surface area contributed by atoms with Crippen molar-refractivity contribution in [3.63, 3.8) is 0 Å². The van der Waals surface area contributed by atoms with Gasteiger partial charge >= 0.3 is 0 Å². The predicted molar refractivity (Wildman–Crippen MR) is 107 cm³/mol. The van der Waals surface area contributed by atoms with Gasteiger partial charge in [0.15, 0.2) is 0 Å². The normalized spacial score (nSPS) is 10.8. The Balaban J connectivity index is 1.64. The van der Waals surface area contributed by atoms with Gasteiger partial charge in [0.2, 0.25) is 5.91 Å². The summed E-state index contributed by atoms with van der Waals surface area (Å²) in [7, 11) is 0. The minimum Gasteiger partial charge on any atom is -0.351 e. The second-order valence-electron chi connectivity index (χ2n) is 6.36. The van der Waals surface area contributed by atoms with Crippen LogP contribution in [0.3, 0.4) is 0 Å². The molecule has 4 aromatic rings. The number of nitrogens with one attached hydrogen (secondary N) is 1. The molecule has 0 fully saturated rings. The Morgan fingerprint density at radius 2 is 2.03 bits per heavy atom. The summed E-state index contributed by atoms with van der Waals surface area (Å²) in [4.78, 5) is 21.7. The van der Waals surface area contributed by atoms with Gasteiger partial charge in [0, 0.05) is 28.7 Å². The van der Waals surface area contributed by atoms with Gasteiger partial charge in [-0.15, -0.1) is 5.10 Å². The Labute approximate surface area is 170 Å². The zero-order chi connectivity index (χ0) is 20.2. The van der Waals surface area contributed by atoms with Crippen LogP contribution in [0.2, 0.25) is 5.02 Å². The molecule has 0 spiro atoms. The van der Waals surface area contributed by atoms with Crippen molar-refractivity contribution in [1.82, 2.24) is 25.0 Å². The molecule has 9 heteroatoms. The number of carbonyl (C=O) groups excluding carboxylic acids is 1. The summed E-state index contributed by atoms with van der Waals surface area (Å²) in [5.74, 6) is -0.673. The first-order valence-electron chi connectivity index (χ1n) is 8.77. The van der Waals surface area contributed by atoms with Gasteiger partial charge < -0.3 is 9.88 Å². The highest BCUT2D eigenvalue weighted by molar-refractivity contribution is 6.30. The quantitative estimate of drug-likeness (QED) is 0.525. The molecule has 1 N–H and O–H groups in total. The number of benzene rings is 2. The monoisotopic (exact) mass is 410 g/mol. The maximum atomic E-state index is 13.8. The minimum atomic E-state index is -0.454. The lowest BCUT2D eigenvalue weighted by Gasteiger charge is -2.23. The van der Waals surface area contributed by atoms with E-state index in [9.17, 15) is 9.18 Å². The number of anilines is 1. The number of rotatable bonds is 6. The van der Waals surface area contributed by atoms with Crippen molar-refractivity contribution in [3.05, 3.63) is 83.8 Å². The summed E-state index contributed by atoms with van der Waals surface area (Å²) in [6.07, 6.45) is 6.50. The van der Waals surface area contributed by atoms with Crippen molar-refractivity contribution in [1.29, 1.82) is 0 Å². The van der Waals surface area contributed by atoms with Crippen molar-refractivity contribution in [2.24, 2.45) is 0 Å². The molecule has 2 heterocycles. The summed E-state index contributed by atoms with van der Waals surface area (Å²) >= 11 is 5.98. The smallest absolute Gasteiger partial charge is 0.249 e. The number of hydrogen-bond donors (Lipinski definition) is 1. The number of aromatic amines is 1. The maximum absolute atomic E-state index is 13.8. The van der Waals surface area contributed by atoms with Gasteiger partial charge in [-0.25, -0.2) is 14.1 Å². The van der Waals surface area contributed by atoms with Crippen molar-refractivity contribution in [2.75, 3.05) is 4.90 Å². The second kappa shape index (κ2) is 8.24. The van der Waals surface area contributed by atoms with Crippen molar-refractivity contribution in [2.45, 2.75) is 13.1 Å². The SMILES string of the molecule is O=C(Cn1ccnn1)N(Cc1cc(F)cc(Cl)c1)c1ccc(-c2c[nH]cn2)cc1. The Kier molecular flexibility index (Phi) is 5.35. The van der Waals surface area contributed by atoms with E-state index >= 15 is 0 Å². The van der Waals surface area contributed by atoms with Crippen molar-refractivity contribution < 1.29 is 9.18 Å². The molecule has 1 amide bonds. The number of H-pyrrole nitrogens is 1. The molecule has 0 bridgehead atoms. The maximum Gasteiger partial charge on any atom is 0.249 e. The van der Waals surface area contributed by atoms with Gasteiger partial charge in [0.05, 0.1) is 24.8 Å². The van der Waals surface area contributed by atoms with Crippen LogP contribution in [0, 0.1) is 5.82 Å². The topological polar surface area (TPSA) is 79.7 Å². The van der Waals surface area contributed by atoms with E-state index in [-0.39, 0.29) is 24.0 Å². The molecule has 0 saturated carbocycles. The van der Waals surface area contributed by atoms with E-state index in [2.05, 4.69) is 20.3 Å². The zero-order valence-corrected chi connectivity index (χ0v) is 15.9. The highest BCUT2D eigenvalue weighted by Gasteiger charge is 2.18. The van der Waals surface area contributed by atoms with E-state index in [4.69, 9.17) is 11.6 Å². The van der Waals surface area contributed by atoms with Crippen LogP contribution in [0.5, 0.6) is 0 Å². The highest BCUT2D eigenvalue weighted by Crippen LogP contribution is 2.24. The number of hydrogen-bond acceptors (Lipinski definition) is 4. The van der Waals surface area contributed by atoms with Gasteiger partial charge in [0.25, 0.3) is 0 Å². The second-order valence-corrected chi connectivity index (χ2v) is 6.80. The van der Waals surface area contributed by atoms with Crippen LogP contribution in [0.4, 0.5) is 10.1 Å². The van der Waals surface area contributed by atoms with E-state index in [1.54, 1.807) is 29.7 Å². The molecule has 0 aliphatic heterocycles. The molecule has 0 atom stereocenters. The van der Waals surface area contributed by atoms with Crippen LogP contribution in [0.15, 0.2) is 67.4 Å². The molecule has 29 heavy (non-hydrogen) atoms. The van der Waals surface area contributed by atoms with Gasteiger partial charge in [-0.1, -0.05) is 28.9 Å². The number of nitrogens with zero attached hydrogens (tertiary/aromatic N) is 5. The summed E-state index contributed by atoms with van der Waals surface area (Å²) in [5, 5.41) is 7.84. The molecule has 0 saturated heterocycles. The summed E-state index contributed by atoms with van der Waals surface area (Å²) in [5.41, 5.74) is 2.95. The molecule has 2 aromatic carbocycles. The molecule has 0 unspecified atom stereocenters. The van der Waals surface area contributed by atoms with Crippen molar-refractivity contribution in [3.8, 4) is 11.3 Å².